The van der Waals surface area contributed by atoms with Crippen LogP contribution in [-0.4, -0.2) is 91.7 Å². The minimum Gasteiger partial charge on any atom is -0.395 e. The number of aliphatic hydroxyl groups excluding tert-OH is 2. The highest BCUT2D eigenvalue weighted by Gasteiger charge is 2.42. The van der Waals surface area contributed by atoms with Gasteiger partial charge in [0.15, 0.2) is 0 Å². The molecule has 2 aromatic rings. The summed E-state index contributed by atoms with van der Waals surface area (Å²) in [5.74, 6) is -1.54. The average Bonchev–Trinajstić information content (AvgIpc) is 3.44. The molecule has 0 bridgehead atoms. The van der Waals surface area contributed by atoms with Gasteiger partial charge < -0.3 is 20.0 Å². The molecule has 2 aromatic carbocycles. The topological polar surface area (TPSA) is 122 Å². The molecule has 0 aliphatic carbocycles. The van der Waals surface area contributed by atoms with Gasteiger partial charge in [-0.05, 0) is 24.3 Å². The van der Waals surface area contributed by atoms with Gasteiger partial charge in [0.1, 0.15) is 8.64 Å². The van der Waals surface area contributed by atoms with Crippen LogP contribution in [0.4, 0.5) is 11.4 Å². The SMILES string of the molecule is O=C1/C(=C2\SC(=S)N(CCC(=O)N(CCO)c3ccccc3)C2=O)SC(=S)N1CCC(=O)N(CCO)c1ccccc1. The summed E-state index contributed by atoms with van der Waals surface area (Å²) in [7, 11) is 0. The summed E-state index contributed by atoms with van der Waals surface area (Å²) in [5, 5.41) is 18.9. The molecule has 14 heteroatoms. The summed E-state index contributed by atoms with van der Waals surface area (Å²) in [6, 6.07) is 17.8. The Hall–Kier alpha value is -3.14. The Morgan fingerprint density at radius 2 is 1.02 bits per heavy atom. The first kappa shape index (κ1) is 31.8. The summed E-state index contributed by atoms with van der Waals surface area (Å²) in [6.07, 6.45) is -0.0765. The summed E-state index contributed by atoms with van der Waals surface area (Å²) in [5.41, 5.74) is 1.26. The lowest BCUT2D eigenvalue weighted by Crippen LogP contribution is -2.38. The zero-order valence-electron chi connectivity index (χ0n) is 22.4. The molecule has 4 amide bonds. The Balaban J connectivity index is 1.40. The van der Waals surface area contributed by atoms with Crippen molar-refractivity contribution in [1.29, 1.82) is 0 Å². The lowest BCUT2D eigenvalue weighted by atomic mass is 10.2. The third-order valence-corrected chi connectivity index (χ3v) is 9.41. The van der Waals surface area contributed by atoms with E-state index in [1.165, 1.54) is 19.6 Å². The van der Waals surface area contributed by atoms with Gasteiger partial charge in [0, 0.05) is 50.4 Å². The van der Waals surface area contributed by atoms with E-state index in [1.54, 1.807) is 48.5 Å². The fourth-order valence-corrected chi connectivity index (χ4v) is 7.12. The number of thioether (sulfide) groups is 2. The number of hydrogen-bond acceptors (Lipinski definition) is 10. The molecular formula is C28H28N4O6S4. The smallest absolute Gasteiger partial charge is 0.267 e. The highest BCUT2D eigenvalue weighted by molar-refractivity contribution is 8.29. The number of para-hydroxylation sites is 2. The molecule has 220 valence electrons. The minimum absolute atomic E-state index is 0.0107. The van der Waals surface area contributed by atoms with Crippen LogP contribution >= 0.6 is 48.0 Å². The molecular weight excluding hydrogens is 617 g/mol. The van der Waals surface area contributed by atoms with Crippen LogP contribution in [0.3, 0.4) is 0 Å². The van der Waals surface area contributed by atoms with Gasteiger partial charge in [-0.3, -0.25) is 29.0 Å². The number of nitrogens with zero attached hydrogens (tertiary/aromatic N) is 4. The predicted octanol–water partition coefficient (Wildman–Crippen LogP) is 2.75. The Labute approximate surface area is 262 Å². The van der Waals surface area contributed by atoms with Crippen molar-refractivity contribution in [3.8, 4) is 0 Å². The number of thiocarbonyl (C=S) groups is 2. The Bertz CT molecular complexity index is 1300. The molecule has 42 heavy (non-hydrogen) atoms. The van der Waals surface area contributed by atoms with Crippen LogP contribution in [0.5, 0.6) is 0 Å². The maximum absolute atomic E-state index is 13.3. The van der Waals surface area contributed by atoms with E-state index in [2.05, 4.69) is 0 Å². The molecule has 2 saturated heterocycles. The van der Waals surface area contributed by atoms with Gasteiger partial charge in [-0.1, -0.05) is 84.4 Å². The van der Waals surface area contributed by atoms with Crippen molar-refractivity contribution in [3.63, 3.8) is 0 Å². The zero-order valence-corrected chi connectivity index (χ0v) is 25.6. The van der Waals surface area contributed by atoms with E-state index in [0.717, 1.165) is 23.5 Å². The van der Waals surface area contributed by atoms with Crippen LogP contribution in [0, 0.1) is 0 Å². The van der Waals surface area contributed by atoms with Crippen molar-refractivity contribution in [3.05, 3.63) is 70.5 Å². The summed E-state index contributed by atoms with van der Waals surface area (Å²) in [4.78, 5) is 58.3. The quantitative estimate of drug-likeness (QED) is 0.264. The highest BCUT2D eigenvalue weighted by atomic mass is 32.2. The molecule has 0 spiro atoms. The van der Waals surface area contributed by atoms with Gasteiger partial charge in [-0.25, -0.2) is 0 Å². The van der Waals surface area contributed by atoms with Crippen LogP contribution in [0.1, 0.15) is 12.8 Å². The van der Waals surface area contributed by atoms with Crippen molar-refractivity contribution in [2.45, 2.75) is 12.8 Å². The van der Waals surface area contributed by atoms with E-state index in [1.807, 2.05) is 12.1 Å². The van der Waals surface area contributed by atoms with Gasteiger partial charge >= 0.3 is 0 Å². The molecule has 0 unspecified atom stereocenters. The molecule has 2 N–H and O–H groups in total. The van der Waals surface area contributed by atoms with E-state index in [0.29, 0.717) is 11.4 Å². The van der Waals surface area contributed by atoms with Crippen LogP contribution in [0.2, 0.25) is 0 Å². The molecule has 0 atom stereocenters. The molecule has 2 aliphatic heterocycles. The number of carbonyl (C=O) groups is 4. The number of hydrogen-bond donors (Lipinski definition) is 2. The summed E-state index contributed by atoms with van der Waals surface area (Å²) < 4.78 is 0.443. The molecule has 2 fully saturated rings. The molecule has 2 heterocycles. The fraction of sp³-hybridized carbons (Fsp3) is 0.286. The first-order valence-corrected chi connectivity index (χ1v) is 15.5. The average molecular weight is 645 g/mol. The van der Waals surface area contributed by atoms with Crippen molar-refractivity contribution < 1.29 is 29.4 Å². The van der Waals surface area contributed by atoms with E-state index >= 15 is 0 Å². The third kappa shape index (κ3) is 7.25. The fourth-order valence-electron chi connectivity index (χ4n) is 4.35. The molecule has 4 rings (SSSR count). The van der Waals surface area contributed by atoms with Crippen molar-refractivity contribution in [2.75, 3.05) is 49.2 Å². The van der Waals surface area contributed by atoms with Gasteiger partial charge in [-0.2, -0.15) is 0 Å². The lowest BCUT2D eigenvalue weighted by Gasteiger charge is -2.23. The van der Waals surface area contributed by atoms with Crippen LogP contribution < -0.4 is 9.80 Å². The first-order valence-electron chi connectivity index (χ1n) is 13.0. The van der Waals surface area contributed by atoms with Crippen LogP contribution in [-0.2, 0) is 19.2 Å². The number of aliphatic hydroxyl groups is 2. The van der Waals surface area contributed by atoms with Crippen molar-refractivity contribution >= 4 is 91.6 Å². The van der Waals surface area contributed by atoms with Crippen molar-refractivity contribution in [2.24, 2.45) is 0 Å². The van der Waals surface area contributed by atoms with E-state index in [9.17, 15) is 29.4 Å². The standard InChI is InChI=1S/C28H28N4O6S4/c33-17-15-29(19-7-3-1-4-8-19)21(35)11-13-31-25(37)23(41-27(31)39)24-26(38)32(28(40)42-24)14-12-22(36)30(16-18-34)20-9-5-2-6-10-20/h1-10,33-34H,11-18H2/b24-23+. The van der Waals surface area contributed by atoms with Gasteiger partial charge in [0.25, 0.3) is 11.8 Å². The van der Waals surface area contributed by atoms with Gasteiger partial charge in [0.05, 0.1) is 23.0 Å². The summed E-state index contributed by atoms with van der Waals surface area (Å²) >= 11 is 12.8. The van der Waals surface area contributed by atoms with Crippen LogP contribution in [0.25, 0.3) is 0 Å². The second-order valence-electron chi connectivity index (χ2n) is 9.02. The predicted molar refractivity (Wildman–Crippen MR) is 172 cm³/mol. The highest BCUT2D eigenvalue weighted by Crippen LogP contribution is 2.42. The normalized spacial score (nSPS) is 16.9. The van der Waals surface area contributed by atoms with Crippen LogP contribution in [0.15, 0.2) is 70.5 Å². The second kappa shape index (κ2) is 14.8. The van der Waals surface area contributed by atoms with E-state index < -0.39 is 11.8 Å². The maximum Gasteiger partial charge on any atom is 0.267 e. The molecule has 10 nitrogen and oxygen atoms in total. The second-order valence-corrected chi connectivity index (χ2v) is 12.3. The van der Waals surface area contributed by atoms with E-state index in [4.69, 9.17) is 24.4 Å². The Morgan fingerprint density at radius 3 is 1.36 bits per heavy atom. The third-order valence-electron chi connectivity index (χ3n) is 6.39. The first-order chi connectivity index (χ1) is 20.3. The molecule has 2 aliphatic rings. The summed E-state index contributed by atoms with van der Waals surface area (Å²) in [6.45, 7) is -0.209. The minimum atomic E-state index is -0.485. The number of benzene rings is 2. The lowest BCUT2D eigenvalue weighted by molar-refractivity contribution is -0.126. The molecule has 0 aromatic heterocycles. The number of carbonyl (C=O) groups excluding carboxylic acids is 4. The number of anilines is 2. The Kier molecular flexibility index (Phi) is 11.2. The van der Waals surface area contributed by atoms with Crippen molar-refractivity contribution in [1.82, 2.24) is 9.80 Å². The van der Waals surface area contributed by atoms with E-state index in [-0.39, 0.29) is 82.5 Å². The van der Waals surface area contributed by atoms with Gasteiger partial charge in [-0.15, -0.1) is 0 Å². The zero-order chi connectivity index (χ0) is 30.2. The monoisotopic (exact) mass is 644 g/mol. The maximum atomic E-state index is 13.3. The number of amides is 4. The largest absolute Gasteiger partial charge is 0.395 e. The van der Waals surface area contributed by atoms with Gasteiger partial charge in [0.2, 0.25) is 11.8 Å². The molecule has 0 radical (unpaired) electrons. The number of rotatable bonds is 12. The Morgan fingerprint density at radius 1 is 0.667 bits per heavy atom. The molecule has 0 saturated carbocycles.